The number of carbonyl (C=O) groups is 1. The maximum Gasteiger partial charge on any atom is 0.573 e. The maximum atomic E-state index is 12.1. The van der Waals surface area contributed by atoms with E-state index in [9.17, 15) is 26.4 Å². The number of hydrogen-bond donors (Lipinski definition) is 2. The van der Waals surface area contributed by atoms with Gasteiger partial charge in [0, 0.05) is 11.3 Å². The van der Waals surface area contributed by atoms with E-state index in [2.05, 4.69) is 10.1 Å². The third kappa shape index (κ3) is 4.96. The number of alkyl halides is 3. The van der Waals surface area contributed by atoms with E-state index >= 15 is 0 Å². The van der Waals surface area contributed by atoms with Gasteiger partial charge >= 0.3 is 6.36 Å². The van der Waals surface area contributed by atoms with Crippen LogP contribution in [0.25, 0.3) is 0 Å². The average molecular weight is 360 g/mol. The zero-order valence-corrected chi connectivity index (χ0v) is 12.7. The lowest BCUT2D eigenvalue weighted by atomic mass is 10.2. The number of carbonyl (C=O) groups excluding carboxylic acids is 1. The molecule has 2 aromatic rings. The van der Waals surface area contributed by atoms with Crippen LogP contribution in [0.15, 0.2) is 53.4 Å². The van der Waals surface area contributed by atoms with Crippen molar-refractivity contribution in [2.45, 2.75) is 11.3 Å². The molecular formula is C14H11F3N2O4S. The molecule has 3 N–H and O–H groups in total. The summed E-state index contributed by atoms with van der Waals surface area (Å²) in [6, 6.07) is 9.50. The van der Waals surface area contributed by atoms with Crippen LogP contribution in [-0.4, -0.2) is 20.7 Å². The van der Waals surface area contributed by atoms with Crippen LogP contribution < -0.4 is 15.2 Å². The van der Waals surface area contributed by atoms with E-state index in [4.69, 9.17) is 5.14 Å². The normalized spacial score (nSPS) is 11.8. The molecule has 0 aromatic heterocycles. The highest BCUT2D eigenvalue weighted by Gasteiger charge is 2.31. The molecule has 0 fully saturated rings. The van der Waals surface area contributed by atoms with Gasteiger partial charge in [0.2, 0.25) is 10.0 Å². The monoisotopic (exact) mass is 360 g/mol. The molecule has 10 heteroatoms. The highest BCUT2D eigenvalue weighted by atomic mass is 32.2. The fourth-order valence-electron chi connectivity index (χ4n) is 1.76. The van der Waals surface area contributed by atoms with Gasteiger partial charge in [-0.05, 0) is 42.5 Å². The van der Waals surface area contributed by atoms with Crippen LogP contribution in [0.1, 0.15) is 10.4 Å². The molecule has 0 radical (unpaired) electrons. The quantitative estimate of drug-likeness (QED) is 0.875. The zero-order chi connectivity index (χ0) is 18.0. The Balaban J connectivity index is 2.13. The van der Waals surface area contributed by atoms with Crippen molar-refractivity contribution in [3.05, 3.63) is 54.1 Å². The predicted molar refractivity (Wildman–Crippen MR) is 78.9 cm³/mol. The van der Waals surface area contributed by atoms with Crippen LogP contribution in [0.3, 0.4) is 0 Å². The van der Waals surface area contributed by atoms with Gasteiger partial charge in [-0.2, -0.15) is 0 Å². The maximum absolute atomic E-state index is 12.1. The minimum atomic E-state index is -4.82. The number of nitrogens with two attached hydrogens (primary N) is 1. The Kier molecular flexibility index (Phi) is 4.81. The van der Waals surface area contributed by atoms with Crippen molar-refractivity contribution >= 4 is 21.6 Å². The Morgan fingerprint density at radius 3 is 2.25 bits per heavy atom. The Morgan fingerprint density at radius 2 is 1.71 bits per heavy atom. The first-order valence-electron chi connectivity index (χ1n) is 6.35. The van der Waals surface area contributed by atoms with Crippen molar-refractivity contribution in [1.82, 2.24) is 0 Å². The summed E-state index contributed by atoms with van der Waals surface area (Å²) in [5, 5.41) is 7.40. The standard InChI is InChI=1S/C14H11F3N2O4S/c15-14(16,17)23-11-6-4-9(5-7-11)13(20)19-10-2-1-3-12(8-10)24(18,21)22/h1-8H,(H,19,20)(H2,18,21,22). The summed E-state index contributed by atoms with van der Waals surface area (Å²) in [7, 11) is -3.92. The van der Waals surface area contributed by atoms with Gasteiger partial charge in [-0.1, -0.05) is 6.07 Å². The summed E-state index contributed by atoms with van der Waals surface area (Å²) in [5.41, 5.74) is 0.229. The van der Waals surface area contributed by atoms with Gasteiger partial charge < -0.3 is 10.1 Å². The second-order valence-electron chi connectivity index (χ2n) is 4.60. The molecule has 0 spiro atoms. The lowest BCUT2D eigenvalue weighted by Gasteiger charge is -2.10. The van der Waals surface area contributed by atoms with Gasteiger partial charge in [-0.25, -0.2) is 13.6 Å². The summed E-state index contributed by atoms with van der Waals surface area (Å²) in [4.78, 5) is 11.8. The SMILES string of the molecule is NS(=O)(=O)c1cccc(NC(=O)c2ccc(OC(F)(F)F)cc2)c1. The Hall–Kier alpha value is -2.59. The van der Waals surface area contributed by atoms with E-state index in [1.165, 1.54) is 18.2 Å². The minimum Gasteiger partial charge on any atom is -0.406 e. The van der Waals surface area contributed by atoms with Crippen LogP contribution >= 0.6 is 0 Å². The van der Waals surface area contributed by atoms with E-state index in [1.54, 1.807) is 0 Å². The fraction of sp³-hybridized carbons (Fsp3) is 0.0714. The molecule has 0 bridgehead atoms. The molecule has 0 aliphatic rings. The van der Waals surface area contributed by atoms with E-state index in [-0.39, 0.29) is 16.1 Å². The van der Waals surface area contributed by atoms with Gasteiger partial charge in [0.1, 0.15) is 5.75 Å². The molecule has 1 amide bonds. The van der Waals surface area contributed by atoms with Gasteiger partial charge in [0.05, 0.1) is 4.90 Å². The predicted octanol–water partition coefficient (Wildman–Crippen LogP) is 2.48. The van der Waals surface area contributed by atoms with Crippen molar-refractivity contribution in [3.8, 4) is 5.75 Å². The van der Waals surface area contributed by atoms with Gasteiger partial charge in [-0.15, -0.1) is 13.2 Å². The van der Waals surface area contributed by atoms with Crippen molar-refractivity contribution in [2.24, 2.45) is 5.14 Å². The second kappa shape index (κ2) is 6.49. The number of primary sulfonamides is 1. The first-order chi connectivity index (χ1) is 11.0. The number of sulfonamides is 1. The van der Waals surface area contributed by atoms with Crippen LogP contribution in [0.5, 0.6) is 5.75 Å². The fourth-order valence-corrected chi connectivity index (χ4v) is 2.32. The molecule has 0 atom stereocenters. The van der Waals surface area contributed by atoms with E-state index in [1.807, 2.05) is 0 Å². The van der Waals surface area contributed by atoms with E-state index < -0.39 is 28.0 Å². The average Bonchev–Trinajstić information content (AvgIpc) is 2.45. The van der Waals surface area contributed by atoms with Crippen LogP contribution in [0, 0.1) is 0 Å². The van der Waals surface area contributed by atoms with E-state index in [0.29, 0.717) is 0 Å². The zero-order valence-electron chi connectivity index (χ0n) is 11.9. The number of benzene rings is 2. The smallest absolute Gasteiger partial charge is 0.406 e. The molecule has 0 aliphatic carbocycles. The van der Waals surface area contributed by atoms with E-state index in [0.717, 1.165) is 30.3 Å². The number of anilines is 1. The number of amides is 1. The second-order valence-corrected chi connectivity index (χ2v) is 6.16. The number of nitrogens with one attached hydrogen (secondary N) is 1. The van der Waals surface area contributed by atoms with Crippen LogP contribution in [-0.2, 0) is 10.0 Å². The van der Waals surface area contributed by atoms with Gasteiger partial charge in [0.25, 0.3) is 5.91 Å². The molecule has 0 unspecified atom stereocenters. The first-order valence-corrected chi connectivity index (χ1v) is 7.89. The molecule has 128 valence electrons. The molecule has 0 aliphatic heterocycles. The van der Waals surface area contributed by atoms with Crippen molar-refractivity contribution in [2.75, 3.05) is 5.32 Å². The Labute approximate surface area is 135 Å². The summed E-state index contributed by atoms with van der Waals surface area (Å²) < 4.78 is 62.4. The summed E-state index contributed by atoms with van der Waals surface area (Å²) in [5.74, 6) is -1.10. The highest BCUT2D eigenvalue weighted by molar-refractivity contribution is 7.89. The highest BCUT2D eigenvalue weighted by Crippen LogP contribution is 2.23. The molecule has 24 heavy (non-hydrogen) atoms. The lowest BCUT2D eigenvalue weighted by molar-refractivity contribution is -0.274. The van der Waals surface area contributed by atoms with Crippen LogP contribution in [0.2, 0.25) is 0 Å². The topological polar surface area (TPSA) is 98.5 Å². The first kappa shape index (κ1) is 17.8. The molecule has 6 nitrogen and oxygen atoms in total. The Bertz CT molecular complexity index is 849. The molecule has 2 aromatic carbocycles. The Morgan fingerprint density at radius 1 is 1.08 bits per heavy atom. The molecular weight excluding hydrogens is 349 g/mol. The summed E-state index contributed by atoms with van der Waals surface area (Å²) >= 11 is 0. The molecule has 0 saturated heterocycles. The number of rotatable bonds is 4. The number of ether oxygens (including phenoxy) is 1. The minimum absolute atomic E-state index is 0.0607. The third-order valence-electron chi connectivity index (χ3n) is 2.77. The van der Waals surface area contributed by atoms with Crippen molar-refractivity contribution in [1.29, 1.82) is 0 Å². The van der Waals surface area contributed by atoms with Crippen molar-refractivity contribution < 1.29 is 31.1 Å². The molecule has 2 rings (SSSR count). The largest absolute Gasteiger partial charge is 0.573 e. The van der Waals surface area contributed by atoms with Gasteiger partial charge in [-0.3, -0.25) is 4.79 Å². The number of hydrogen-bond acceptors (Lipinski definition) is 4. The molecule has 0 saturated carbocycles. The van der Waals surface area contributed by atoms with Gasteiger partial charge in [0.15, 0.2) is 0 Å². The summed E-state index contributed by atoms with van der Waals surface area (Å²) in [6.45, 7) is 0. The third-order valence-corrected chi connectivity index (χ3v) is 3.68. The van der Waals surface area contributed by atoms with Crippen LogP contribution in [0.4, 0.5) is 18.9 Å². The summed E-state index contributed by atoms with van der Waals surface area (Å²) in [6.07, 6.45) is -4.82. The number of halogens is 3. The lowest BCUT2D eigenvalue weighted by Crippen LogP contribution is -2.17. The molecule has 0 heterocycles. The van der Waals surface area contributed by atoms with Crippen molar-refractivity contribution in [3.63, 3.8) is 0 Å².